The minimum atomic E-state index is -0.908. The molecule has 0 fully saturated rings. The van der Waals surface area contributed by atoms with E-state index < -0.39 is 10.9 Å². The zero-order valence-corrected chi connectivity index (χ0v) is 18.5. The average molecular weight is 412 g/mol. The van der Waals surface area contributed by atoms with Gasteiger partial charge in [0.1, 0.15) is 15.7 Å². The monoisotopic (exact) mass is 411 g/mol. The van der Waals surface area contributed by atoms with Crippen LogP contribution in [0, 0.1) is 19.7 Å². The lowest BCUT2D eigenvalue weighted by Gasteiger charge is -2.17. The predicted octanol–water partition coefficient (Wildman–Crippen LogP) is 5.05. The first-order valence-corrected chi connectivity index (χ1v) is 10.9. The number of aromatic nitrogens is 1. The van der Waals surface area contributed by atoms with Crippen LogP contribution in [0.2, 0.25) is 0 Å². The molecule has 2 amide bonds. The summed E-state index contributed by atoms with van der Waals surface area (Å²) < 4.78 is 16.4. The van der Waals surface area contributed by atoms with E-state index in [0.29, 0.717) is 5.69 Å². The number of hydrogen-bond donors (Lipinski definition) is 2. The summed E-state index contributed by atoms with van der Waals surface area (Å²) in [6.45, 7) is 11.7. The van der Waals surface area contributed by atoms with Crippen molar-refractivity contribution in [2.75, 3.05) is 12.4 Å². The third-order valence-corrected chi connectivity index (χ3v) is 7.33. The molecule has 148 valence electrons. The summed E-state index contributed by atoms with van der Waals surface area (Å²) in [4.78, 5) is 17.3. The molecular formula is C19H28FN4OS2+. The molecule has 0 aliphatic heterocycles. The minimum absolute atomic E-state index is 0.0707. The van der Waals surface area contributed by atoms with Crippen LogP contribution in [-0.2, 0) is 10.9 Å². The Labute approximate surface area is 167 Å². The predicted molar refractivity (Wildman–Crippen MR) is 111 cm³/mol. The molecule has 5 nitrogen and oxygen atoms in total. The van der Waals surface area contributed by atoms with Gasteiger partial charge in [0.15, 0.2) is 0 Å². The molecule has 8 heteroatoms. The van der Waals surface area contributed by atoms with Crippen molar-refractivity contribution in [3.63, 3.8) is 0 Å². The number of nitrogens with two attached hydrogens (primary N) is 1. The molecule has 3 N–H and O–H groups in total. The lowest BCUT2D eigenvalue weighted by atomic mass is 9.92. The van der Waals surface area contributed by atoms with Crippen molar-refractivity contribution >= 4 is 33.9 Å². The van der Waals surface area contributed by atoms with Gasteiger partial charge in [0.05, 0.1) is 28.6 Å². The van der Waals surface area contributed by atoms with Crippen LogP contribution in [0.25, 0.3) is 0 Å². The number of aryl methyl sites for hydroxylation is 2. The Balaban J connectivity index is 2.48. The van der Waals surface area contributed by atoms with Crippen molar-refractivity contribution in [2.24, 2.45) is 5.14 Å². The highest BCUT2D eigenvalue weighted by molar-refractivity contribution is 7.85. The van der Waals surface area contributed by atoms with Gasteiger partial charge in [-0.1, -0.05) is 27.7 Å². The van der Waals surface area contributed by atoms with Gasteiger partial charge in [-0.25, -0.2) is 19.8 Å². The number of hydrogen-bond acceptors (Lipinski definition) is 3. The number of anilines is 1. The number of benzene rings is 1. The molecule has 0 bridgehead atoms. The van der Waals surface area contributed by atoms with Crippen LogP contribution in [0.3, 0.4) is 0 Å². The number of carbonyl (C=O) groups is 1. The van der Waals surface area contributed by atoms with E-state index >= 15 is 0 Å². The van der Waals surface area contributed by atoms with Crippen LogP contribution >= 0.6 is 11.3 Å². The molecule has 1 heterocycles. The van der Waals surface area contributed by atoms with Gasteiger partial charge in [-0.05, 0) is 37.8 Å². The van der Waals surface area contributed by atoms with Gasteiger partial charge >= 0.3 is 6.03 Å². The van der Waals surface area contributed by atoms with Gasteiger partial charge < -0.3 is 0 Å². The van der Waals surface area contributed by atoms with E-state index in [2.05, 4.69) is 10.3 Å². The van der Waals surface area contributed by atoms with Crippen molar-refractivity contribution in [1.29, 1.82) is 0 Å². The van der Waals surface area contributed by atoms with Gasteiger partial charge in [0, 0.05) is 11.1 Å². The molecule has 1 aromatic heterocycles. The number of halogens is 1. The van der Waals surface area contributed by atoms with Crippen LogP contribution in [0.1, 0.15) is 61.4 Å². The number of amides is 2. The van der Waals surface area contributed by atoms with Crippen LogP contribution < -0.4 is 10.5 Å². The molecule has 2 rings (SSSR count). The van der Waals surface area contributed by atoms with E-state index in [0.717, 1.165) is 26.0 Å². The van der Waals surface area contributed by atoms with Gasteiger partial charge in [0.2, 0.25) is 0 Å². The molecule has 0 saturated heterocycles. The second kappa shape index (κ2) is 8.58. The summed E-state index contributed by atoms with van der Waals surface area (Å²) >= 11 is 1.50. The molecule has 27 heavy (non-hydrogen) atoms. The van der Waals surface area contributed by atoms with Crippen LogP contribution in [0.5, 0.6) is 0 Å². The summed E-state index contributed by atoms with van der Waals surface area (Å²) in [7, 11) is 0.759. The standard InChI is InChI=1S/C19H27FN4OS2/c1-10(2)15-8-14(20)9-16(11(3)4)17(15)23-19(25)24(7)27(21)18-12(5)22-13(6)26-18/h8-11,21H,1-7H3,(H,23,25)/p+1. The number of thiazole rings is 1. The van der Waals surface area contributed by atoms with E-state index in [-0.39, 0.29) is 23.7 Å². The maximum Gasteiger partial charge on any atom is 0.503 e. The maximum atomic E-state index is 14.1. The molecule has 0 radical (unpaired) electrons. The van der Waals surface area contributed by atoms with Gasteiger partial charge in [-0.3, -0.25) is 0 Å². The quantitative estimate of drug-likeness (QED) is 0.691. The van der Waals surface area contributed by atoms with Crippen LogP contribution in [0.4, 0.5) is 14.9 Å². The summed E-state index contributed by atoms with van der Waals surface area (Å²) in [5.41, 5.74) is 3.08. The summed E-state index contributed by atoms with van der Waals surface area (Å²) in [6.07, 6.45) is 0. The lowest BCUT2D eigenvalue weighted by molar-refractivity contribution is -0.360. The second-order valence-corrected chi connectivity index (χ2v) is 10.2. The Morgan fingerprint density at radius 1 is 1.22 bits per heavy atom. The van der Waals surface area contributed by atoms with Crippen molar-refractivity contribution < 1.29 is 13.1 Å². The summed E-state index contributed by atoms with van der Waals surface area (Å²) in [5.74, 6) is -0.147. The van der Waals surface area contributed by atoms with E-state index in [1.165, 1.54) is 27.4 Å². The molecule has 0 aliphatic rings. The Kier molecular flexibility index (Phi) is 6.88. The molecule has 1 atom stereocenters. The molecular weight excluding hydrogens is 383 g/mol. The highest BCUT2D eigenvalue weighted by Crippen LogP contribution is 2.33. The van der Waals surface area contributed by atoms with Gasteiger partial charge in [0.25, 0.3) is 0 Å². The van der Waals surface area contributed by atoms with Crippen molar-refractivity contribution in [1.82, 2.24) is 4.98 Å². The number of nitrogens with one attached hydrogen (secondary N) is 1. The topological polar surface area (TPSA) is 71.0 Å². The molecule has 1 aromatic carbocycles. The zero-order valence-electron chi connectivity index (χ0n) is 16.9. The fraction of sp³-hybridized carbons (Fsp3) is 0.474. The maximum absolute atomic E-state index is 14.1. The lowest BCUT2D eigenvalue weighted by Crippen LogP contribution is -2.30. The number of carbonyl (C=O) groups excluding carboxylic acids is 1. The third kappa shape index (κ3) is 4.80. The molecule has 1 unspecified atom stereocenters. The largest absolute Gasteiger partial charge is 0.503 e. The first-order valence-electron chi connectivity index (χ1n) is 8.83. The number of urea groups is 1. The number of rotatable bonds is 4. The fourth-order valence-electron chi connectivity index (χ4n) is 2.81. The molecule has 0 saturated carbocycles. The Morgan fingerprint density at radius 3 is 2.15 bits per heavy atom. The summed E-state index contributed by atoms with van der Waals surface area (Å²) in [5, 5.41) is 10.2. The van der Waals surface area contributed by atoms with E-state index in [1.807, 2.05) is 41.5 Å². The van der Waals surface area contributed by atoms with Crippen molar-refractivity contribution in [3.8, 4) is 0 Å². The molecule has 0 aliphatic carbocycles. The highest BCUT2D eigenvalue weighted by atomic mass is 32.2. The van der Waals surface area contributed by atoms with Gasteiger partial charge in [-0.2, -0.15) is 8.74 Å². The molecule has 2 aromatic rings. The first-order chi connectivity index (χ1) is 12.5. The fourth-order valence-corrected chi connectivity index (χ4v) is 5.32. The van der Waals surface area contributed by atoms with Crippen molar-refractivity contribution in [2.45, 2.75) is 57.6 Å². The number of nitrogens with zero attached hydrogens (tertiary/aromatic N) is 2. The Morgan fingerprint density at radius 2 is 1.74 bits per heavy atom. The normalized spacial score (nSPS) is 13.2. The highest BCUT2D eigenvalue weighted by Gasteiger charge is 2.25. The van der Waals surface area contributed by atoms with Crippen LogP contribution in [-0.4, -0.2) is 22.0 Å². The first kappa shape index (κ1) is 21.7. The zero-order chi connectivity index (χ0) is 20.5. The van der Waals surface area contributed by atoms with E-state index in [4.69, 9.17) is 5.14 Å². The second-order valence-electron chi connectivity index (χ2n) is 7.12. The SMILES string of the molecule is Cc1nc(C)c(/S(N)=[N+](/C)C(=O)Nc2c(C(C)C)cc(F)cc2C(C)C)s1. The van der Waals surface area contributed by atoms with Gasteiger partial charge in [-0.15, -0.1) is 11.3 Å². The van der Waals surface area contributed by atoms with Crippen molar-refractivity contribution in [3.05, 3.63) is 39.8 Å². The van der Waals surface area contributed by atoms with E-state index in [9.17, 15) is 9.18 Å². The minimum Gasteiger partial charge on any atom is -0.247 e. The smallest absolute Gasteiger partial charge is 0.247 e. The third-order valence-electron chi connectivity index (χ3n) is 4.27. The van der Waals surface area contributed by atoms with Crippen LogP contribution in [0.15, 0.2) is 16.3 Å². The molecule has 0 spiro atoms. The average Bonchev–Trinajstić information content (AvgIpc) is 2.92. The summed E-state index contributed by atoms with van der Waals surface area (Å²) in [6, 6.07) is 2.66. The Hall–Kier alpha value is -1.64. The Bertz CT molecular complexity index is 874. The van der Waals surface area contributed by atoms with E-state index in [1.54, 1.807) is 7.05 Å².